The summed E-state index contributed by atoms with van der Waals surface area (Å²) in [4.78, 5) is 10.7. The third-order valence-electron chi connectivity index (χ3n) is 2.28. The highest BCUT2D eigenvalue weighted by Gasteiger charge is 2.41. The molecule has 2 unspecified atom stereocenters. The van der Waals surface area contributed by atoms with Crippen LogP contribution in [-0.4, -0.2) is 44.7 Å². The number of carboxylic acid groups (broad SMARTS) is 1. The first-order chi connectivity index (χ1) is 6.86. The van der Waals surface area contributed by atoms with Crippen molar-refractivity contribution < 1.29 is 30.0 Å². The van der Waals surface area contributed by atoms with Gasteiger partial charge in [0.1, 0.15) is 6.10 Å². The molecule has 4 N–H and O–H groups in total. The summed E-state index contributed by atoms with van der Waals surface area (Å²) in [5.41, 5.74) is 0. The molecule has 0 radical (unpaired) electrons. The van der Waals surface area contributed by atoms with E-state index in [2.05, 4.69) is 0 Å². The van der Waals surface area contributed by atoms with Gasteiger partial charge in [0.2, 0.25) is 6.10 Å². The van der Waals surface area contributed by atoms with Gasteiger partial charge in [0, 0.05) is 0 Å². The Hall–Kier alpha value is -1.27. The van der Waals surface area contributed by atoms with Crippen LogP contribution >= 0.6 is 0 Å². The van der Waals surface area contributed by atoms with Crippen molar-refractivity contribution in [3.05, 3.63) is 11.5 Å². The van der Waals surface area contributed by atoms with Crippen LogP contribution < -0.4 is 0 Å². The van der Waals surface area contributed by atoms with Gasteiger partial charge in [0.15, 0.2) is 11.5 Å². The average molecular weight is 218 g/mol. The first-order valence-corrected chi connectivity index (χ1v) is 4.54. The lowest BCUT2D eigenvalue weighted by atomic mass is 9.96. The molecule has 0 aromatic carbocycles. The summed E-state index contributed by atoms with van der Waals surface area (Å²) in [5.74, 6) is -3.16. The standard InChI is InChI=1S/C9H14O6/c1-3(2)7-5(11)4(10)6(12)8(15-7)9(13)14/h3,5,7-8,10-12H,1-2H3,(H,13,14)/t5?,7-,8?/m0/s1. The molecule has 1 rings (SSSR count). The van der Waals surface area contributed by atoms with Crippen LogP contribution in [0.5, 0.6) is 0 Å². The van der Waals surface area contributed by atoms with E-state index >= 15 is 0 Å². The van der Waals surface area contributed by atoms with Crippen LogP contribution in [0, 0.1) is 5.92 Å². The number of ether oxygens (including phenoxy) is 1. The fraction of sp³-hybridized carbons (Fsp3) is 0.667. The van der Waals surface area contributed by atoms with E-state index in [0.717, 1.165) is 0 Å². The zero-order valence-corrected chi connectivity index (χ0v) is 8.41. The van der Waals surface area contributed by atoms with E-state index in [1.165, 1.54) is 0 Å². The second-order valence-corrected chi connectivity index (χ2v) is 3.78. The molecule has 1 heterocycles. The molecule has 0 bridgehead atoms. The van der Waals surface area contributed by atoms with Gasteiger partial charge in [0.05, 0.1) is 6.10 Å². The van der Waals surface area contributed by atoms with E-state index in [1.54, 1.807) is 13.8 Å². The van der Waals surface area contributed by atoms with E-state index in [-0.39, 0.29) is 5.92 Å². The zero-order valence-electron chi connectivity index (χ0n) is 8.41. The Bertz CT molecular complexity index is 295. The maximum atomic E-state index is 10.7. The molecular weight excluding hydrogens is 204 g/mol. The molecule has 6 heteroatoms. The molecule has 15 heavy (non-hydrogen) atoms. The number of rotatable bonds is 2. The van der Waals surface area contributed by atoms with Crippen LogP contribution in [-0.2, 0) is 9.53 Å². The molecule has 0 spiro atoms. The molecule has 0 fully saturated rings. The van der Waals surface area contributed by atoms with Crippen molar-refractivity contribution in [1.82, 2.24) is 0 Å². The van der Waals surface area contributed by atoms with Crippen LogP contribution in [0.25, 0.3) is 0 Å². The normalized spacial score (nSPS) is 32.1. The fourth-order valence-corrected chi connectivity index (χ4v) is 1.43. The number of aliphatic hydroxyl groups is 3. The monoisotopic (exact) mass is 218 g/mol. The van der Waals surface area contributed by atoms with Crippen LogP contribution in [0.3, 0.4) is 0 Å². The van der Waals surface area contributed by atoms with Crippen molar-refractivity contribution in [3.8, 4) is 0 Å². The Morgan fingerprint density at radius 2 is 1.87 bits per heavy atom. The summed E-state index contributed by atoms with van der Waals surface area (Å²) in [6.07, 6.45) is -3.84. The van der Waals surface area contributed by atoms with Gasteiger partial charge in [-0.25, -0.2) is 4.79 Å². The third-order valence-corrected chi connectivity index (χ3v) is 2.28. The minimum atomic E-state index is -1.61. The van der Waals surface area contributed by atoms with Crippen molar-refractivity contribution in [2.24, 2.45) is 5.92 Å². The van der Waals surface area contributed by atoms with E-state index in [4.69, 9.17) is 9.84 Å². The highest BCUT2D eigenvalue weighted by atomic mass is 16.5. The van der Waals surface area contributed by atoms with Crippen LogP contribution in [0.4, 0.5) is 0 Å². The molecular formula is C9H14O6. The molecule has 0 amide bonds. The lowest BCUT2D eigenvalue weighted by Crippen LogP contribution is -2.46. The number of aliphatic carboxylic acids is 1. The quantitative estimate of drug-likeness (QED) is 0.526. The molecule has 0 aliphatic carbocycles. The van der Waals surface area contributed by atoms with Crippen molar-refractivity contribution in [2.45, 2.75) is 32.2 Å². The SMILES string of the molecule is CC(C)[C@@H]1OC(C(=O)O)C(O)=C(O)C1O. The average Bonchev–Trinajstić information content (AvgIpc) is 2.13. The summed E-state index contributed by atoms with van der Waals surface area (Å²) in [6, 6.07) is 0. The predicted octanol–water partition coefficient (Wildman–Crippen LogP) is 0.183. The summed E-state index contributed by atoms with van der Waals surface area (Å²) in [6.45, 7) is 3.42. The van der Waals surface area contributed by atoms with Gasteiger partial charge in [0.25, 0.3) is 0 Å². The molecule has 6 nitrogen and oxygen atoms in total. The van der Waals surface area contributed by atoms with Gasteiger partial charge in [-0.05, 0) is 5.92 Å². The second kappa shape index (κ2) is 4.08. The fourth-order valence-electron chi connectivity index (χ4n) is 1.43. The van der Waals surface area contributed by atoms with E-state index in [0.29, 0.717) is 0 Å². The number of hydrogen-bond donors (Lipinski definition) is 4. The number of hydrogen-bond acceptors (Lipinski definition) is 5. The van der Waals surface area contributed by atoms with E-state index in [1.807, 2.05) is 0 Å². The minimum absolute atomic E-state index is 0.183. The number of carboxylic acids is 1. The molecule has 1 aliphatic heterocycles. The van der Waals surface area contributed by atoms with Gasteiger partial charge in [-0.15, -0.1) is 0 Å². The van der Waals surface area contributed by atoms with Crippen LogP contribution in [0.2, 0.25) is 0 Å². The first-order valence-electron chi connectivity index (χ1n) is 4.54. The Balaban J connectivity index is 3.03. The molecule has 1 aliphatic rings. The Kier molecular flexibility index (Phi) is 3.21. The molecule has 86 valence electrons. The number of carbonyl (C=O) groups is 1. The topological polar surface area (TPSA) is 107 Å². The lowest BCUT2D eigenvalue weighted by molar-refractivity contribution is -0.167. The first kappa shape index (κ1) is 11.8. The second-order valence-electron chi connectivity index (χ2n) is 3.78. The molecule has 0 aromatic rings. The molecule has 0 aromatic heterocycles. The van der Waals surface area contributed by atoms with Gasteiger partial charge in [-0.2, -0.15) is 0 Å². The Morgan fingerprint density at radius 1 is 1.33 bits per heavy atom. The highest BCUT2D eigenvalue weighted by Crippen LogP contribution is 2.27. The number of aliphatic hydroxyl groups excluding tert-OH is 3. The summed E-state index contributed by atoms with van der Waals surface area (Å²) in [5, 5.41) is 36.8. The van der Waals surface area contributed by atoms with E-state index < -0.39 is 35.8 Å². The largest absolute Gasteiger partial charge is 0.506 e. The van der Waals surface area contributed by atoms with E-state index in [9.17, 15) is 20.1 Å². The Labute approximate surface area is 86.4 Å². The van der Waals surface area contributed by atoms with Gasteiger partial charge < -0.3 is 25.2 Å². The third kappa shape index (κ3) is 2.05. The van der Waals surface area contributed by atoms with Crippen molar-refractivity contribution in [3.63, 3.8) is 0 Å². The van der Waals surface area contributed by atoms with Gasteiger partial charge in [-0.3, -0.25) is 0 Å². The van der Waals surface area contributed by atoms with Gasteiger partial charge >= 0.3 is 5.97 Å². The summed E-state index contributed by atoms with van der Waals surface area (Å²) >= 11 is 0. The van der Waals surface area contributed by atoms with Crippen LogP contribution in [0.15, 0.2) is 11.5 Å². The van der Waals surface area contributed by atoms with Gasteiger partial charge in [-0.1, -0.05) is 13.8 Å². The van der Waals surface area contributed by atoms with Crippen molar-refractivity contribution in [2.75, 3.05) is 0 Å². The molecule has 0 saturated heterocycles. The molecule has 3 atom stereocenters. The Morgan fingerprint density at radius 3 is 2.27 bits per heavy atom. The van der Waals surface area contributed by atoms with Crippen molar-refractivity contribution in [1.29, 1.82) is 0 Å². The lowest BCUT2D eigenvalue weighted by Gasteiger charge is -2.33. The zero-order chi connectivity index (χ0) is 11.7. The van der Waals surface area contributed by atoms with Crippen molar-refractivity contribution >= 4 is 5.97 Å². The summed E-state index contributed by atoms with van der Waals surface area (Å²) in [7, 11) is 0. The van der Waals surface area contributed by atoms with Crippen LogP contribution in [0.1, 0.15) is 13.8 Å². The highest BCUT2D eigenvalue weighted by molar-refractivity contribution is 5.76. The predicted molar refractivity (Wildman–Crippen MR) is 49.4 cm³/mol. The smallest absolute Gasteiger partial charge is 0.340 e. The maximum absolute atomic E-state index is 10.7. The maximum Gasteiger partial charge on any atom is 0.340 e. The molecule has 0 saturated carbocycles. The summed E-state index contributed by atoms with van der Waals surface area (Å²) < 4.78 is 4.99. The minimum Gasteiger partial charge on any atom is -0.506 e.